The third kappa shape index (κ3) is 4.20. The van der Waals surface area contributed by atoms with Gasteiger partial charge in [-0.3, -0.25) is 9.13 Å². The first kappa shape index (κ1) is 16.6. The van der Waals surface area contributed by atoms with Crippen molar-refractivity contribution in [3.8, 4) is 34.4 Å². The lowest BCUT2D eigenvalue weighted by Crippen LogP contribution is -2.10. The summed E-state index contributed by atoms with van der Waals surface area (Å²) in [5.74, 6) is -1.14. The van der Waals surface area contributed by atoms with Crippen molar-refractivity contribution in [2.24, 2.45) is 0 Å². The molecule has 6 heteroatoms. The summed E-state index contributed by atoms with van der Waals surface area (Å²) in [7, 11) is 0. The van der Waals surface area contributed by atoms with Crippen molar-refractivity contribution >= 4 is 65.6 Å². The van der Waals surface area contributed by atoms with E-state index in [9.17, 15) is 0 Å². The zero-order valence-corrected chi connectivity index (χ0v) is 26.0. The van der Waals surface area contributed by atoms with Crippen LogP contribution in [-0.2, 0) is 0 Å². The van der Waals surface area contributed by atoms with Gasteiger partial charge in [-0.25, -0.2) is 0 Å². The predicted molar refractivity (Wildman–Crippen MR) is 207 cm³/mol. The average molecular weight is 670 g/mol. The molecule has 0 aliphatic rings. The predicted octanol–water partition coefficient (Wildman–Crippen LogP) is 11.3. The van der Waals surface area contributed by atoms with E-state index < -0.39 is 109 Å². The molecule has 0 aliphatic carbocycles. The van der Waals surface area contributed by atoms with Crippen LogP contribution in [0.1, 0.15) is 21.9 Å². The van der Waals surface area contributed by atoms with Crippen molar-refractivity contribution in [1.29, 1.82) is 0 Å². The fraction of sp³-hybridized carbons (Fsp3) is 0. The fourth-order valence-electron chi connectivity index (χ4n) is 6.65. The average Bonchev–Trinajstić information content (AvgIpc) is 4.02. The van der Waals surface area contributed by atoms with Crippen LogP contribution in [0.2, 0.25) is 0 Å². The maximum Gasteiger partial charge on any atom is 0.240 e. The van der Waals surface area contributed by atoms with Gasteiger partial charge in [-0.05, 0) is 59.6 Å². The second-order valence-electron chi connectivity index (χ2n) is 11.7. The van der Waals surface area contributed by atoms with Gasteiger partial charge in [-0.1, -0.05) is 115 Å². The molecule has 0 bridgehead atoms. The molecule has 0 radical (unpaired) electrons. The van der Waals surface area contributed by atoms with Crippen LogP contribution in [0.4, 0.5) is 0 Å². The van der Waals surface area contributed by atoms with Crippen molar-refractivity contribution in [1.82, 2.24) is 24.1 Å². The molecule has 11 rings (SSSR count). The van der Waals surface area contributed by atoms with Gasteiger partial charge in [0.05, 0.1) is 44.0 Å². The number of fused-ring (bicyclic) bond motifs is 9. The molecule has 0 saturated carbocycles. The number of aromatic nitrogens is 5. The Morgan fingerprint density at radius 2 is 0.843 bits per heavy atom. The summed E-state index contributed by atoms with van der Waals surface area (Å²) in [4.78, 5) is 14.3. The highest BCUT2D eigenvalue weighted by atomic mass is 16.3. The van der Waals surface area contributed by atoms with E-state index in [0.717, 1.165) is 31.0 Å². The van der Waals surface area contributed by atoms with Gasteiger partial charge in [0.1, 0.15) is 11.2 Å². The Morgan fingerprint density at radius 3 is 1.33 bits per heavy atom. The van der Waals surface area contributed by atoms with E-state index in [2.05, 4.69) is 0 Å². The Labute approximate surface area is 314 Å². The lowest BCUT2D eigenvalue weighted by molar-refractivity contribution is 0.669. The summed E-state index contributed by atoms with van der Waals surface area (Å²) in [6.07, 6.45) is 0. The molecule has 4 aromatic heterocycles. The monoisotopic (exact) mass is 669 g/mol. The fourth-order valence-corrected chi connectivity index (χ4v) is 6.65. The van der Waals surface area contributed by atoms with Crippen LogP contribution in [0, 0.1) is 0 Å². The number of benzene rings is 7. The smallest absolute Gasteiger partial charge is 0.240 e. The van der Waals surface area contributed by atoms with Gasteiger partial charge < -0.3 is 4.42 Å². The molecule has 7 aromatic carbocycles. The highest BCUT2D eigenvalue weighted by Crippen LogP contribution is 2.37. The van der Waals surface area contributed by atoms with Crippen molar-refractivity contribution in [2.45, 2.75) is 0 Å². The Balaban J connectivity index is 1.31. The Morgan fingerprint density at radius 1 is 0.412 bits per heavy atom. The van der Waals surface area contributed by atoms with Crippen LogP contribution in [-0.4, -0.2) is 24.1 Å². The molecular formula is C45H27N5O. The lowest BCUT2D eigenvalue weighted by atomic mass is 10.0. The van der Waals surface area contributed by atoms with Crippen LogP contribution in [0.5, 0.6) is 0 Å². The molecule has 0 atom stereocenters. The van der Waals surface area contributed by atoms with E-state index in [4.69, 9.17) is 41.3 Å². The highest BCUT2D eigenvalue weighted by molar-refractivity contribution is 6.10. The van der Waals surface area contributed by atoms with E-state index in [-0.39, 0.29) is 55.0 Å². The minimum atomic E-state index is -0.702. The molecule has 51 heavy (non-hydrogen) atoms. The quantitative estimate of drug-likeness (QED) is 0.187. The van der Waals surface area contributed by atoms with Crippen molar-refractivity contribution in [3.63, 3.8) is 0 Å². The molecule has 0 amide bonds. The van der Waals surface area contributed by atoms with Gasteiger partial charge in [-0.2, -0.15) is 15.0 Å². The summed E-state index contributed by atoms with van der Waals surface area (Å²) in [5, 5.41) is 0.438. The third-order valence-corrected chi connectivity index (χ3v) is 8.92. The SMILES string of the molecule is [2H]c1c([2H])c([2H])c2c(c1[2H])c1c([2H])c([2H])c([2H])c([2H])c1n2-c1nc(-c2ccc3c(c2)oc2cc(-c4ccccc4)ccc23)nc(-n2c3c([2H])c([2H])c([2H])c([2H])c3c3c([2H])c([2H])c([2H])c([2H])c32)n1. The summed E-state index contributed by atoms with van der Waals surface area (Å²) in [5.41, 5.74) is 1.77. The van der Waals surface area contributed by atoms with Crippen molar-refractivity contribution in [3.05, 3.63) is 163 Å². The molecule has 238 valence electrons. The molecule has 0 fully saturated rings. The Kier molecular flexibility index (Phi) is 3.48. The van der Waals surface area contributed by atoms with Gasteiger partial charge >= 0.3 is 0 Å². The topological polar surface area (TPSA) is 61.7 Å². The van der Waals surface area contributed by atoms with Gasteiger partial charge in [0, 0.05) is 37.9 Å². The van der Waals surface area contributed by atoms with E-state index in [1.54, 1.807) is 18.2 Å². The standard InChI is InChI=1S/C45H27N5O/c1-2-12-28(13-3-1)29-22-24-35-36-25-23-30(27-42(36)51-41(35)26-29)43-46-44(49-37-18-8-4-14-31(37)32-15-5-9-19-38(32)49)48-45(47-43)50-39-20-10-6-16-33(39)34-17-7-11-21-40(34)50/h1-27H/i4D,5D,6D,7D,8D,9D,10D,11D,14D,15D,16D,17D,18D,19D,20D,21D. The number of hydrogen-bond donors (Lipinski definition) is 0. The summed E-state index contributed by atoms with van der Waals surface area (Å²) in [6, 6.07) is 10.0. The second kappa shape index (κ2) is 10.7. The molecule has 0 unspecified atom stereocenters. The Hall–Kier alpha value is -7.05. The number of rotatable bonds is 4. The minimum absolute atomic E-state index is 0.180. The summed E-state index contributed by atoms with van der Waals surface area (Å²) in [6.45, 7) is 0. The molecule has 4 heterocycles. The van der Waals surface area contributed by atoms with Crippen LogP contribution >= 0.6 is 0 Å². The molecule has 0 saturated heterocycles. The maximum absolute atomic E-state index is 9.14. The molecule has 11 aromatic rings. The summed E-state index contributed by atoms with van der Waals surface area (Å²) < 4.78 is 150. The number of furan rings is 1. The normalized spacial score (nSPS) is 16.3. The number of hydrogen-bond acceptors (Lipinski definition) is 4. The van der Waals surface area contributed by atoms with Crippen LogP contribution in [0.15, 0.2) is 168 Å². The zero-order valence-electron chi connectivity index (χ0n) is 42.0. The molecular weight excluding hydrogens is 627 g/mol. The van der Waals surface area contributed by atoms with E-state index in [1.807, 2.05) is 48.5 Å². The van der Waals surface area contributed by atoms with Crippen LogP contribution in [0.3, 0.4) is 0 Å². The first-order chi connectivity index (χ1) is 31.9. The molecule has 0 aliphatic heterocycles. The molecule has 0 N–H and O–H groups in total. The first-order valence-corrected chi connectivity index (χ1v) is 15.7. The van der Waals surface area contributed by atoms with E-state index in [0.29, 0.717) is 11.2 Å². The molecule has 0 spiro atoms. The van der Waals surface area contributed by atoms with Gasteiger partial charge in [0.2, 0.25) is 11.9 Å². The largest absolute Gasteiger partial charge is 0.456 e. The number of para-hydroxylation sites is 4. The maximum atomic E-state index is 9.14. The summed E-state index contributed by atoms with van der Waals surface area (Å²) >= 11 is 0. The van der Waals surface area contributed by atoms with Crippen molar-refractivity contribution in [2.75, 3.05) is 0 Å². The van der Waals surface area contributed by atoms with Crippen LogP contribution in [0.25, 0.3) is 100.0 Å². The van der Waals surface area contributed by atoms with Crippen LogP contribution < -0.4 is 0 Å². The van der Waals surface area contributed by atoms with Gasteiger partial charge in [0.15, 0.2) is 5.82 Å². The minimum Gasteiger partial charge on any atom is -0.456 e. The van der Waals surface area contributed by atoms with Gasteiger partial charge in [-0.15, -0.1) is 0 Å². The zero-order chi connectivity index (χ0) is 47.4. The highest BCUT2D eigenvalue weighted by Gasteiger charge is 2.21. The van der Waals surface area contributed by atoms with Crippen molar-refractivity contribution < 1.29 is 26.3 Å². The molecule has 6 nitrogen and oxygen atoms in total. The third-order valence-electron chi connectivity index (χ3n) is 8.92. The van der Waals surface area contributed by atoms with E-state index in [1.165, 1.54) is 0 Å². The second-order valence-corrected chi connectivity index (χ2v) is 11.7. The number of nitrogens with zero attached hydrogens (tertiary/aromatic N) is 5. The van der Waals surface area contributed by atoms with E-state index >= 15 is 0 Å². The Bertz CT molecular complexity index is 3740. The lowest BCUT2D eigenvalue weighted by Gasteiger charge is -2.12. The first-order valence-electron chi connectivity index (χ1n) is 23.7. The van der Waals surface area contributed by atoms with Gasteiger partial charge in [0.25, 0.3) is 0 Å².